The van der Waals surface area contributed by atoms with Crippen LogP contribution in [0.5, 0.6) is 0 Å². The van der Waals surface area contributed by atoms with Crippen molar-refractivity contribution in [1.29, 1.82) is 0 Å². The summed E-state index contributed by atoms with van der Waals surface area (Å²) < 4.78 is 0. The molecule has 0 radical (unpaired) electrons. The van der Waals surface area contributed by atoms with Gasteiger partial charge in [0.05, 0.1) is 12.5 Å². The Bertz CT molecular complexity index is 892. The number of hydrogen-bond acceptors (Lipinski definition) is 3. The van der Waals surface area contributed by atoms with Gasteiger partial charge >= 0.3 is 5.97 Å². The van der Waals surface area contributed by atoms with Gasteiger partial charge in [-0.15, -0.1) is 0 Å². The fourth-order valence-corrected chi connectivity index (χ4v) is 3.59. The van der Waals surface area contributed by atoms with Crippen LogP contribution in [0.4, 0.5) is 0 Å². The van der Waals surface area contributed by atoms with Crippen LogP contribution in [0.1, 0.15) is 41.6 Å². The number of fused-ring (bicyclic) bond motifs is 1. The van der Waals surface area contributed by atoms with Crippen LogP contribution in [-0.2, 0) is 27.3 Å². The van der Waals surface area contributed by atoms with Crippen LogP contribution < -0.4 is 5.32 Å². The summed E-state index contributed by atoms with van der Waals surface area (Å²) in [6.45, 7) is 3.63. The van der Waals surface area contributed by atoms with Gasteiger partial charge in [-0.2, -0.15) is 0 Å². The van der Waals surface area contributed by atoms with E-state index in [9.17, 15) is 19.5 Å². The van der Waals surface area contributed by atoms with E-state index in [4.69, 9.17) is 0 Å². The van der Waals surface area contributed by atoms with Gasteiger partial charge in [0.15, 0.2) is 0 Å². The van der Waals surface area contributed by atoms with Crippen LogP contribution in [0.3, 0.4) is 0 Å². The van der Waals surface area contributed by atoms with E-state index in [-0.39, 0.29) is 31.2 Å². The third-order valence-corrected chi connectivity index (χ3v) is 5.09. The number of aryl methyl sites for hydroxylation is 1. The summed E-state index contributed by atoms with van der Waals surface area (Å²) in [5.74, 6) is -1.55. The average Bonchev–Trinajstić information content (AvgIpc) is 2.66. The van der Waals surface area contributed by atoms with Crippen LogP contribution in [0, 0.1) is 6.92 Å². The molecule has 2 aromatic carbocycles. The van der Waals surface area contributed by atoms with Gasteiger partial charge in [-0.25, -0.2) is 4.79 Å². The number of amides is 2. The van der Waals surface area contributed by atoms with E-state index in [0.717, 1.165) is 22.3 Å². The quantitative estimate of drug-likeness (QED) is 0.835. The van der Waals surface area contributed by atoms with Gasteiger partial charge in [0.25, 0.3) is 0 Å². The molecule has 6 nitrogen and oxygen atoms in total. The van der Waals surface area contributed by atoms with E-state index in [2.05, 4.69) is 5.32 Å². The van der Waals surface area contributed by atoms with Gasteiger partial charge < -0.3 is 15.3 Å². The maximum absolute atomic E-state index is 13.1. The molecule has 0 bridgehead atoms. The predicted octanol–water partition coefficient (Wildman–Crippen LogP) is 2.60. The van der Waals surface area contributed by atoms with Gasteiger partial charge in [-0.3, -0.25) is 9.59 Å². The number of carbonyl (C=O) groups is 3. The SMILES string of the molecule is CC(=O)N[C@H](CC(=O)N1Cc2ccccc2C[C@H]1C(=O)O)c1ccc(C)cc1. The highest BCUT2D eigenvalue weighted by Gasteiger charge is 2.35. The van der Waals surface area contributed by atoms with E-state index >= 15 is 0 Å². The molecule has 6 heteroatoms. The average molecular weight is 380 g/mol. The predicted molar refractivity (Wildman–Crippen MR) is 104 cm³/mol. The second kappa shape index (κ2) is 8.25. The van der Waals surface area contributed by atoms with Crippen molar-refractivity contribution in [3.63, 3.8) is 0 Å². The lowest BCUT2D eigenvalue weighted by molar-refractivity contribution is -0.151. The maximum atomic E-state index is 13.1. The van der Waals surface area contributed by atoms with Crippen LogP contribution >= 0.6 is 0 Å². The third-order valence-electron chi connectivity index (χ3n) is 5.09. The van der Waals surface area contributed by atoms with E-state index in [1.807, 2.05) is 55.5 Å². The Labute approximate surface area is 164 Å². The van der Waals surface area contributed by atoms with Gasteiger partial charge in [0.2, 0.25) is 11.8 Å². The highest BCUT2D eigenvalue weighted by molar-refractivity contribution is 5.85. The largest absolute Gasteiger partial charge is 0.480 e. The molecule has 3 rings (SSSR count). The molecule has 2 aromatic rings. The first-order valence-corrected chi connectivity index (χ1v) is 9.28. The number of carboxylic acids is 1. The van der Waals surface area contributed by atoms with Crippen molar-refractivity contribution in [2.75, 3.05) is 0 Å². The summed E-state index contributed by atoms with van der Waals surface area (Å²) in [4.78, 5) is 37.9. The Kier molecular flexibility index (Phi) is 5.78. The molecule has 0 unspecified atom stereocenters. The molecule has 0 saturated carbocycles. The topological polar surface area (TPSA) is 86.7 Å². The third kappa shape index (κ3) is 4.39. The minimum absolute atomic E-state index is 0.00852. The molecule has 28 heavy (non-hydrogen) atoms. The number of hydrogen-bond donors (Lipinski definition) is 2. The number of benzene rings is 2. The molecule has 0 fully saturated rings. The van der Waals surface area contributed by atoms with Crippen molar-refractivity contribution in [3.8, 4) is 0 Å². The monoisotopic (exact) mass is 380 g/mol. The molecule has 0 spiro atoms. The first kappa shape index (κ1) is 19.6. The van der Waals surface area contributed by atoms with Crippen LogP contribution in [0.15, 0.2) is 48.5 Å². The van der Waals surface area contributed by atoms with Crippen molar-refractivity contribution in [3.05, 3.63) is 70.8 Å². The molecule has 1 heterocycles. The summed E-state index contributed by atoms with van der Waals surface area (Å²) >= 11 is 0. The molecular weight excluding hydrogens is 356 g/mol. The van der Waals surface area contributed by atoms with E-state index in [1.54, 1.807) is 0 Å². The number of nitrogens with zero attached hydrogens (tertiary/aromatic N) is 1. The summed E-state index contributed by atoms with van der Waals surface area (Å²) in [5, 5.41) is 12.5. The van der Waals surface area contributed by atoms with Crippen molar-refractivity contribution < 1.29 is 19.5 Å². The molecule has 2 N–H and O–H groups in total. The Hall–Kier alpha value is -3.15. The normalized spacial score (nSPS) is 16.8. The lowest BCUT2D eigenvalue weighted by Crippen LogP contribution is -2.49. The van der Waals surface area contributed by atoms with Crippen LogP contribution in [0.2, 0.25) is 0 Å². The first-order chi connectivity index (χ1) is 13.3. The van der Waals surface area contributed by atoms with Gasteiger partial charge in [0.1, 0.15) is 6.04 Å². The first-order valence-electron chi connectivity index (χ1n) is 9.28. The summed E-state index contributed by atoms with van der Waals surface area (Å²) in [5.41, 5.74) is 3.81. The lowest BCUT2D eigenvalue weighted by Gasteiger charge is -2.35. The molecule has 0 aliphatic carbocycles. The number of nitrogens with one attached hydrogen (secondary N) is 1. The Morgan fingerprint density at radius 3 is 2.36 bits per heavy atom. The van der Waals surface area contributed by atoms with E-state index in [1.165, 1.54) is 11.8 Å². The zero-order chi connectivity index (χ0) is 20.3. The highest BCUT2D eigenvalue weighted by atomic mass is 16.4. The van der Waals surface area contributed by atoms with Gasteiger partial charge in [-0.05, 0) is 23.6 Å². The highest BCUT2D eigenvalue weighted by Crippen LogP contribution is 2.26. The standard InChI is InChI=1S/C22H24N2O4/c1-14-7-9-16(10-8-14)19(23-15(2)25)12-21(26)24-13-18-6-4-3-5-17(18)11-20(24)22(27)28/h3-10,19-20H,11-13H2,1-2H3,(H,23,25)(H,27,28)/t19-,20+/m1/s1. The minimum Gasteiger partial charge on any atom is -0.480 e. The van der Waals surface area contributed by atoms with Gasteiger partial charge in [0, 0.05) is 19.9 Å². The van der Waals surface area contributed by atoms with Gasteiger partial charge in [-0.1, -0.05) is 54.1 Å². The lowest BCUT2D eigenvalue weighted by atomic mass is 9.93. The number of carbonyl (C=O) groups excluding carboxylic acids is 2. The molecule has 0 saturated heterocycles. The van der Waals surface area contributed by atoms with Crippen LogP contribution in [-0.4, -0.2) is 33.8 Å². The van der Waals surface area contributed by atoms with Crippen molar-refractivity contribution in [2.24, 2.45) is 0 Å². The van der Waals surface area contributed by atoms with E-state index < -0.39 is 18.1 Å². The Morgan fingerprint density at radius 1 is 1.11 bits per heavy atom. The molecular formula is C22H24N2O4. The fraction of sp³-hybridized carbons (Fsp3) is 0.318. The number of carboxylic acid groups (broad SMARTS) is 1. The summed E-state index contributed by atoms with van der Waals surface area (Å²) in [6.07, 6.45) is 0.293. The van der Waals surface area contributed by atoms with Crippen molar-refractivity contribution in [2.45, 2.75) is 45.3 Å². The smallest absolute Gasteiger partial charge is 0.326 e. The zero-order valence-corrected chi connectivity index (χ0v) is 16.0. The molecule has 146 valence electrons. The molecule has 1 aliphatic heterocycles. The number of aliphatic carboxylic acids is 1. The molecule has 0 aromatic heterocycles. The molecule has 2 atom stereocenters. The van der Waals surface area contributed by atoms with Crippen LogP contribution in [0.25, 0.3) is 0 Å². The molecule has 1 aliphatic rings. The second-order valence-corrected chi connectivity index (χ2v) is 7.22. The second-order valence-electron chi connectivity index (χ2n) is 7.22. The summed E-state index contributed by atoms with van der Waals surface area (Å²) in [6, 6.07) is 13.8. The molecule has 2 amide bonds. The number of rotatable bonds is 5. The Morgan fingerprint density at radius 2 is 1.75 bits per heavy atom. The summed E-state index contributed by atoms with van der Waals surface area (Å²) in [7, 11) is 0. The van der Waals surface area contributed by atoms with E-state index in [0.29, 0.717) is 0 Å². The zero-order valence-electron chi connectivity index (χ0n) is 16.0. The maximum Gasteiger partial charge on any atom is 0.326 e. The fourth-order valence-electron chi connectivity index (χ4n) is 3.59. The van der Waals surface area contributed by atoms with Crippen molar-refractivity contribution in [1.82, 2.24) is 10.2 Å². The minimum atomic E-state index is -1.02. The van der Waals surface area contributed by atoms with Crippen molar-refractivity contribution >= 4 is 17.8 Å². The Balaban J connectivity index is 1.84.